The number of imidazole rings is 1. The van der Waals surface area contributed by atoms with E-state index in [1.165, 1.54) is 6.08 Å². The number of hydrogen-bond donors (Lipinski definition) is 1. The van der Waals surface area contributed by atoms with E-state index in [4.69, 9.17) is 14.2 Å². The Morgan fingerprint density at radius 2 is 2.10 bits per heavy atom. The topological polar surface area (TPSA) is 98.4 Å². The van der Waals surface area contributed by atoms with Gasteiger partial charge in [-0.05, 0) is 35.9 Å². The summed E-state index contributed by atoms with van der Waals surface area (Å²) in [7, 11) is 0. The molecule has 1 amide bonds. The summed E-state index contributed by atoms with van der Waals surface area (Å²) >= 11 is 0. The van der Waals surface area contributed by atoms with Gasteiger partial charge in [0.25, 0.3) is 5.91 Å². The second-order valence-corrected chi connectivity index (χ2v) is 6.70. The van der Waals surface area contributed by atoms with Gasteiger partial charge in [0.15, 0.2) is 11.5 Å². The number of anilines is 1. The van der Waals surface area contributed by atoms with Gasteiger partial charge in [-0.25, -0.2) is 4.98 Å². The molecular weight excluding hydrogens is 396 g/mol. The average molecular weight is 416 g/mol. The standard InChI is InChI=1S/C23H20N4O4/c24-15-18(23(28)26-19-4-5-21-22(14-19)31-11-10-30-21)12-17-2-1-3-20(13-17)29-9-8-27-7-6-25-16-27/h1-7,12-14,16H,8-11H2,(H,26,28). The Morgan fingerprint density at radius 3 is 2.90 bits per heavy atom. The molecule has 8 heteroatoms. The van der Waals surface area contributed by atoms with E-state index in [9.17, 15) is 10.1 Å². The van der Waals surface area contributed by atoms with Crippen molar-refractivity contribution in [2.45, 2.75) is 6.54 Å². The van der Waals surface area contributed by atoms with E-state index in [1.54, 1.807) is 42.9 Å². The highest BCUT2D eigenvalue weighted by molar-refractivity contribution is 6.09. The predicted octanol–water partition coefficient (Wildman–Crippen LogP) is 3.28. The molecule has 1 N–H and O–H groups in total. The van der Waals surface area contributed by atoms with Gasteiger partial charge in [-0.2, -0.15) is 5.26 Å². The van der Waals surface area contributed by atoms with E-state index < -0.39 is 5.91 Å². The smallest absolute Gasteiger partial charge is 0.266 e. The molecule has 0 fully saturated rings. The number of aromatic nitrogens is 2. The highest BCUT2D eigenvalue weighted by Crippen LogP contribution is 2.32. The van der Waals surface area contributed by atoms with Gasteiger partial charge in [-0.3, -0.25) is 4.79 Å². The van der Waals surface area contributed by atoms with Gasteiger partial charge >= 0.3 is 0 Å². The number of nitrogens with one attached hydrogen (secondary N) is 1. The molecule has 0 saturated heterocycles. The molecule has 1 aliphatic rings. The lowest BCUT2D eigenvalue weighted by Gasteiger charge is -2.18. The van der Waals surface area contributed by atoms with Crippen LogP contribution in [0.4, 0.5) is 5.69 Å². The number of carbonyl (C=O) groups is 1. The summed E-state index contributed by atoms with van der Waals surface area (Å²) in [4.78, 5) is 16.6. The summed E-state index contributed by atoms with van der Waals surface area (Å²) < 4.78 is 18.7. The molecule has 0 radical (unpaired) electrons. The maximum Gasteiger partial charge on any atom is 0.266 e. The molecular formula is C23H20N4O4. The van der Waals surface area contributed by atoms with Gasteiger partial charge in [-0.15, -0.1) is 0 Å². The van der Waals surface area contributed by atoms with Gasteiger partial charge < -0.3 is 24.1 Å². The summed E-state index contributed by atoms with van der Waals surface area (Å²) in [5.74, 6) is 1.33. The molecule has 3 aromatic rings. The highest BCUT2D eigenvalue weighted by Gasteiger charge is 2.14. The Bertz CT molecular complexity index is 1130. The van der Waals surface area contributed by atoms with Crippen LogP contribution in [0.5, 0.6) is 17.2 Å². The zero-order valence-electron chi connectivity index (χ0n) is 16.7. The van der Waals surface area contributed by atoms with Gasteiger partial charge in [0.1, 0.15) is 37.2 Å². The SMILES string of the molecule is N#CC(=Cc1cccc(OCCn2ccnc2)c1)C(=O)Nc1ccc2c(c1)OCCO2. The molecule has 156 valence electrons. The number of hydrogen-bond acceptors (Lipinski definition) is 6. The van der Waals surface area contributed by atoms with Crippen LogP contribution in [0.2, 0.25) is 0 Å². The van der Waals surface area contributed by atoms with Crippen LogP contribution in [0, 0.1) is 11.3 Å². The van der Waals surface area contributed by atoms with E-state index in [0.717, 1.165) is 0 Å². The lowest BCUT2D eigenvalue weighted by Crippen LogP contribution is -2.17. The number of rotatable bonds is 7. The number of nitriles is 1. The number of carbonyl (C=O) groups excluding carboxylic acids is 1. The highest BCUT2D eigenvalue weighted by atomic mass is 16.6. The van der Waals surface area contributed by atoms with Crippen molar-refractivity contribution in [3.63, 3.8) is 0 Å². The van der Waals surface area contributed by atoms with Crippen molar-refractivity contribution >= 4 is 17.7 Å². The molecule has 2 aromatic carbocycles. The molecule has 8 nitrogen and oxygen atoms in total. The first-order chi connectivity index (χ1) is 15.2. The lowest BCUT2D eigenvalue weighted by atomic mass is 10.1. The number of ether oxygens (including phenoxy) is 3. The fraction of sp³-hybridized carbons (Fsp3) is 0.174. The second kappa shape index (κ2) is 9.50. The first kappa shape index (κ1) is 20.0. The normalized spacial score (nSPS) is 12.7. The third-order valence-electron chi connectivity index (χ3n) is 4.51. The van der Waals surface area contributed by atoms with Crippen LogP contribution in [0.15, 0.2) is 66.8 Å². The number of nitrogens with zero attached hydrogens (tertiary/aromatic N) is 3. The maximum atomic E-state index is 12.6. The Morgan fingerprint density at radius 1 is 1.23 bits per heavy atom. The molecule has 0 unspecified atom stereocenters. The zero-order valence-corrected chi connectivity index (χ0v) is 16.7. The third-order valence-corrected chi connectivity index (χ3v) is 4.51. The average Bonchev–Trinajstić information content (AvgIpc) is 3.31. The molecule has 0 atom stereocenters. The summed E-state index contributed by atoms with van der Waals surface area (Å²) in [5.41, 5.74) is 1.19. The Kier molecular flexibility index (Phi) is 6.14. The minimum Gasteiger partial charge on any atom is -0.492 e. The number of amides is 1. The third kappa shape index (κ3) is 5.22. The van der Waals surface area contributed by atoms with Crippen LogP contribution in [-0.2, 0) is 11.3 Å². The van der Waals surface area contributed by atoms with E-state index in [0.29, 0.717) is 54.9 Å². The minimum absolute atomic E-state index is 0.0227. The van der Waals surface area contributed by atoms with E-state index in [1.807, 2.05) is 29.0 Å². The molecule has 4 rings (SSSR count). The molecule has 31 heavy (non-hydrogen) atoms. The molecule has 1 aliphatic heterocycles. The van der Waals surface area contributed by atoms with Crippen LogP contribution in [-0.4, -0.2) is 35.3 Å². The van der Waals surface area contributed by atoms with Gasteiger partial charge in [0.05, 0.1) is 12.9 Å². The monoisotopic (exact) mass is 416 g/mol. The first-order valence-corrected chi connectivity index (χ1v) is 9.73. The largest absolute Gasteiger partial charge is 0.492 e. The van der Waals surface area contributed by atoms with Gasteiger partial charge in [-0.1, -0.05) is 12.1 Å². The predicted molar refractivity (Wildman–Crippen MR) is 114 cm³/mol. The van der Waals surface area contributed by atoms with Crippen LogP contribution in [0.1, 0.15) is 5.56 Å². The quantitative estimate of drug-likeness (QED) is 0.469. The van der Waals surface area contributed by atoms with Crippen LogP contribution >= 0.6 is 0 Å². The molecule has 2 heterocycles. The van der Waals surface area contributed by atoms with Crippen molar-refractivity contribution in [2.24, 2.45) is 0 Å². The fourth-order valence-corrected chi connectivity index (χ4v) is 3.02. The Labute approximate surface area is 179 Å². The van der Waals surface area contributed by atoms with Crippen molar-refractivity contribution in [1.29, 1.82) is 5.26 Å². The summed E-state index contributed by atoms with van der Waals surface area (Å²) in [6, 6.07) is 14.3. The molecule has 0 spiro atoms. The summed E-state index contributed by atoms with van der Waals surface area (Å²) in [5, 5.41) is 12.2. The van der Waals surface area contributed by atoms with Crippen molar-refractivity contribution < 1.29 is 19.0 Å². The van der Waals surface area contributed by atoms with E-state index >= 15 is 0 Å². The number of benzene rings is 2. The van der Waals surface area contributed by atoms with Crippen molar-refractivity contribution in [3.8, 4) is 23.3 Å². The van der Waals surface area contributed by atoms with Crippen molar-refractivity contribution in [1.82, 2.24) is 9.55 Å². The van der Waals surface area contributed by atoms with Crippen LogP contribution < -0.4 is 19.5 Å². The van der Waals surface area contributed by atoms with E-state index in [-0.39, 0.29) is 5.57 Å². The lowest BCUT2D eigenvalue weighted by molar-refractivity contribution is -0.112. The second-order valence-electron chi connectivity index (χ2n) is 6.70. The molecule has 0 aliphatic carbocycles. The van der Waals surface area contributed by atoms with Crippen LogP contribution in [0.3, 0.4) is 0 Å². The molecule has 0 bridgehead atoms. The van der Waals surface area contributed by atoms with Crippen LogP contribution in [0.25, 0.3) is 6.08 Å². The molecule has 1 aromatic heterocycles. The summed E-state index contributed by atoms with van der Waals surface area (Å²) in [6.45, 7) is 2.08. The van der Waals surface area contributed by atoms with Gasteiger partial charge in [0, 0.05) is 24.1 Å². The Balaban J connectivity index is 1.41. The Hall–Kier alpha value is -4.25. The van der Waals surface area contributed by atoms with Crippen molar-refractivity contribution in [3.05, 3.63) is 72.3 Å². The fourth-order valence-electron chi connectivity index (χ4n) is 3.02. The minimum atomic E-state index is -0.509. The van der Waals surface area contributed by atoms with E-state index in [2.05, 4.69) is 10.3 Å². The summed E-state index contributed by atoms with van der Waals surface area (Å²) in [6.07, 6.45) is 6.82. The molecule has 0 saturated carbocycles. The maximum absolute atomic E-state index is 12.6. The van der Waals surface area contributed by atoms with Gasteiger partial charge in [0.2, 0.25) is 0 Å². The number of fused-ring (bicyclic) bond motifs is 1. The first-order valence-electron chi connectivity index (χ1n) is 9.73. The zero-order chi connectivity index (χ0) is 21.5. The van der Waals surface area contributed by atoms with Crippen molar-refractivity contribution in [2.75, 3.05) is 25.1 Å².